The van der Waals surface area contributed by atoms with Crippen molar-refractivity contribution in [2.24, 2.45) is 4.99 Å². The van der Waals surface area contributed by atoms with Crippen molar-refractivity contribution in [1.82, 2.24) is 15.3 Å². The van der Waals surface area contributed by atoms with Crippen LogP contribution in [0.3, 0.4) is 0 Å². The van der Waals surface area contributed by atoms with Crippen LogP contribution in [0.15, 0.2) is 156 Å². The molecule has 1 aliphatic carbocycles. The molecule has 0 saturated carbocycles. The number of aromatic nitrogens is 2. The van der Waals surface area contributed by atoms with Crippen LogP contribution in [0.1, 0.15) is 23.5 Å². The zero-order chi connectivity index (χ0) is 29.0. The molecule has 2 aromatic heterocycles. The number of allylic oxidation sites excluding steroid dienone is 9. The average Bonchev–Trinajstić information content (AvgIpc) is 3.09. The lowest BCUT2D eigenvalue weighted by atomic mass is 9.91. The second-order valence-electron chi connectivity index (χ2n) is 10.6. The standard InChI is InChI=1S/C38H29N5/c39-35-6-2-1-4-34(35)38-33(5-3-19-42-38)32-24-36(30-11-7-26(8-12-30)28-15-20-40-21-16-28)43-37(25-32)31-13-9-27(10-14-31)29-17-22-41-23-18-29/h1-17,19-25,29,39,42H,18H2/b38-34-,39-35?. The smallest absolute Gasteiger partial charge is 0.0715 e. The molecule has 4 aromatic rings. The van der Waals surface area contributed by atoms with E-state index in [-0.39, 0.29) is 0 Å². The minimum Gasteiger partial charge on any atom is -0.361 e. The third kappa shape index (κ3) is 5.48. The van der Waals surface area contributed by atoms with Crippen LogP contribution in [0, 0.1) is 5.41 Å². The van der Waals surface area contributed by atoms with Crippen LogP contribution < -0.4 is 5.32 Å². The van der Waals surface area contributed by atoms with Gasteiger partial charge >= 0.3 is 0 Å². The number of dihydropyridines is 1. The highest BCUT2D eigenvalue weighted by Gasteiger charge is 2.19. The van der Waals surface area contributed by atoms with Crippen LogP contribution in [0.25, 0.3) is 39.2 Å². The van der Waals surface area contributed by atoms with Crippen molar-refractivity contribution in [3.63, 3.8) is 0 Å². The number of benzene rings is 2. The maximum absolute atomic E-state index is 8.57. The predicted molar refractivity (Wildman–Crippen MR) is 177 cm³/mol. The van der Waals surface area contributed by atoms with Crippen LogP contribution in [0.4, 0.5) is 0 Å². The van der Waals surface area contributed by atoms with E-state index in [9.17, 15) is 0 Å². The Labute approximate surface area is 251 Å². The number of nitrogens with one attached hydrogen (secondary N) is 2. The topological polar surface area (TPSA) is 74.0 Å². The van der Waals surface area contributed by atoms with Gasteiger partial charge in [-0.15, -0.1) is 0 Å². The van der Waals surface area contributed by atoms with Gasteiger partial charge in [-0.1, -0.05) is 78.9 Å². The summed E-state index contributed by atoms with van der Waals surface area (Å²) in [5.41, 5.74) is 11.7. The number of aliphatic imine (C=N–C) groups is 1. The molecule has 5 nitrogen and oxygen atoms in total. The second kappa shape index (κ2) is 11.7. The number of nitrogens with zero attached hydrogens (tertiary/aromatic N) is 3. The summed E-state index contributed by atoms with van der Waals surface area (Å²) in [6, 6.07) is 25.6. The summed E-state index contributed by atoms with van der Waals surface area (Å²) in [6.45, 7) is 0. The number of hydrogen-bond donors (Lipinski definition) is 2. The Bertz CT molecular complexity index is 1900. The second-order valence-corrected chi connectivity index (χ2v) is 10.6. The summed E-state index contributed by atoms with van der Waals surface area (Å²) in [6.07, 6.45) is 24.2. The molecule has 0 bridgehead atoms. The average molecular weight is 556 g/mol. The third-order valence-electron chi connectivity index (χ3n) is 7.89. The molecule has 3 aliphatic rings. The molecule has 0 spiro atoms. The minimum atomic E-state index is 0.340. The van der Waals surface area contributed by atoms with Crippen LogP contribution in [-0.4, -0.2) is 21.9 Å². The van der Waals surface area contributed by atoms with Crippen molar-refractivity contribution in [3.8, 4) is 33.6 Å². The molecule has 4 heterocycles. The Morgan fingerprint density at radius 2 is 1.40 bits per heavy atom. The monoisotopic (exact) mass is 555 g/mol. The maximum atomic E-state index is 8.57. The Morgan fingerprint density at radius 1 is 0.721 bits per heavy atom. The first-order valence-electron chi connectivity index (χ1n) is 14.4. The first kappa shape index (κ1) is 26.2. The lowest BCUT2D eigenvalue weighted by Crippen LogP contribution is -2.16. The normalized spacial score (nSPS) is 18.9. The fraction of sp³-hybridized carbons (Fsp3) is 0.0526. The van der Waals surface area contributed by atoms with E-state index in [1.807, 2.05) is 73.5 Å². The molecule has 0 saturated heterocycles. The van der Waals surface area contributed by atoms with Gasteiger partial charge in [-0.3, -0.25) is 9.98 Å². The summed E-state index contributed by atoms with van der Waals surface area (Å²) >= 11 is 0. The molecule has 2 N–H and O–H groups in total. The molecule has 1 unspecified atom stereocenters. The minimum absolute atomic E-state index is 0.340. The van der Waals surface area contributed by atoms with E-state index < -0.39 is 0 Å². The molecular formula is C38H29N5. The van der Waals surface area contributed by atoms with Crippen molar-refractivity contribution in [1.29, 1.82) is 5.41 Å². The molecule has 0 radical (unpaired) electrons. The highest BCUT2D eigenvalue weighted by molar-refractivity contribution is 6.12. The van der Waals surface area contributed by atoms with Gasteiger partial charge in [0.05, 0.1) is 22.8 Å². The molecular weight excluding hydrogens is 526 g/mol. The molecule has 0 amide bonds. The zero-order valence-electron chi connectivity index (χ0n) is 23.5. The van der Waals surface area contributed by atoms with Gasteiger partial charge in [0.25, 0.3) is 0 Å². The first-order valence-corrected chi connectivity index (χ1v) is 14.4. The summed E-state index contributed by atoms with van der Waals surface area (Å²) in [4.78, 5) is 13.5. The Kier molecular flexibility index (Phi) is 7.12. The van der Waals surface area contributed by atoms with Crippen molar-refractivity contribution in [2.75, 3.05) is 0 Å². The third-order valence-corrected chi connectivity index (χ3v) is 7.89. The molecule has 0 fully saturated rings. The summed E-state index contributed by atoms with van der Waals surface area (Å²) in [5.74, 6) is 0.340. The molecule has 2 aliphatic heterocycles. The molecule has 7 rings (SSSR count). The van der Waals surface area contributed by atoms with E-state index in [1.54, 1.807) is 0 Å². The van der Waals surface area contributed by atoms with Gasteiger partial charge in [0.1, 0.15) is 0 Å². The number of pyridine rings is 2. The van der Waals surface area contributed by atoms with Crippen LogP contribution in [-0.2, 0) is 0 Å². The van der Waals surface area contributed by atoms with Crippen LogP contribution in [0.2, 0.25) is 0 Å². The van der Waals surface area contributed by atoms with Gasteiger partial charge in [-0.25, -0.2) is 4.98 Å². The SMILES string of the molecule is N=C1C=CC=C/C1=C1/NC=CC=C1c1cc(-c2ccc(-c3ccncc3)cc2)nc(-c2ccc(C3C=CN=CC3)cc2)c1. The van der Waals surface area contributed by atoms with Crippen molar-refractivity contribution >= 4 is 17.5 Å². The van der Waals surface area contributed by atoms with Gasteiger partial charge in [0.2, 0.25) is 0 Å². The van der Waals surface area contributed by atoms with E-state index in [2.05, 4.69) is 88.1 Å². The van der Waals surface area contributed by atoms with E-state index >= 15 is 0 Å². The lowest BCUT2D eigenvalue weighted by Gasteiger charge is -2.21. The number of hydrogen-bond acceptors (Lipinski definition) is 5. The molecule has 1 atom stereocenters. The van der Waals surface area contributed by atoms with Gasteiger partial charge in [0.15, 0.2) is 0 Å². The van der Waals surface area contributed by atoms with Gasteiger partial charge in [-0.05, 0) is 65.1 Å². The zero-order valence-corrected chi connectivity index (χ0v) is 23.5. The van der Waals surface area contributed by atoms with Gasteiger partial charge in [-0.2, -0.15) is 0 Å². The Hall–Kier alpha value is -5.68. The molecule has 43 heavy (non-hydrogen) atoms. The highest BCUT2D eigenvalue weighted by Crippen LogP contribution is 2.35. The fourth-order valence-electron chi connectivity index (χ4n) is 5.58. The fourth-order valence-corrected chi connectivity index (χ4v) is 5.58. The highest BCUT2D eigenvalue weighted by atomic mass is 14.9. The quantitative estimate of drug-likeness (QED) is 0.259. The van der Waals surface area contributed by atoms with Crippen LogP contribution >= 0.6 is 0 Å². The van der Waals surface area contributed by atoms with E-state index in [0.717, 1.165) is 62.5 Å². The molecule has 206 valence electrons. The van der Waals surface area contributed by atoms with Gasteiger partial charge < -0.3 is 10.7 Å². The van der Waals surface area contributed by atoms with E-state index in [0.29, 0.717) is 11.6 Å². The summed E-state index contributed by atoms with van der Waals surface area (Å²) in [7, 11) is 0. The lowest BCUT2D eigenvalue weighted by molar-refractivity contribution is 0.887. The Balaban J connectivity index is 1.33. The van der Waals surface area contributed by atoms with Gasteiger partial charge in [0, 0.05) is 59.2 Å². The van der Waals surface area contributed by atoms with Crippen molar-refractivity contribution in [3.05, 3.63) is 163 Å². The summed E-state index contributed by atoms with van der Waals surface area (Å²) < 4.78 is 0. The number of rotatable bonds is 5. The molecule has 5 heteroatoms. The molecule has 2 aromatic carbocycles. The van der Waals surface area contributed by atoms with Crippen molar-refractivity contribution in [2.45, 2.75) is 12.3 Å². The van der Waals surface area contributed by atoms with Crippen LogP contribution in [0.5, 0.6) is 0 Å². The van der Waals surface area contributed by atoms with Crippen molar-refractivity contribution < 1.29 is 0 Å². The van der Waals surface area contributed by atoms with E-state index in [4.69, 9.17) is 10.4 Å². The largest absolute Gasteiger partial charge is 0.361 e. The predicted octanol–water partition coefficient (Wildman–Crippen LogP) is 8.45. The Morgan fingerprint density at radius 3 is 2.09 bits per heavy atom. The summed E-state index contributed by atoms with van der Waals surface area (Å²) in [5, 5.41) is 12.0. The van der Waals surface area contributed by atoms with E-state index in [1.165, 1.54) is 5.56 Å². The maximum Gasteiger partial charge on any atom is 0.0715 e. The first-order chi connectivity index (χ1) is 21.2.